The van der Waals surface area contributed by atoms with Crippen LogP contribution in [-0.2, 0) is 0 Å². The Morgan fingerprint density at radius 1 is 0.636 bits per heavy atom. The van der Waals surface area contributed by atoms with Crippen LogP contribution in [-0.4, -0.2) is 99.1 Å². The highest BCUT2D eigenvalue weighted by Gasteiger charge is 2.11. The zero-order valence-electron chi connectivity index (χ0n) is 14.2. The zero-order chi connectivity index (χ0) is 16.2. The molecule has 0 radical (unpaired) electrons. The topological polar surface area (TPSA) is 60.5 Å². The minimum absolute atomic E-state index is 0.521. The molecule has 0 saturated carbocycles. The van der Waals surface area contributed by atoms with E-state index in [0.717, 1.165) is 65.2 Å². The number of nitriles is 2. The van der Waals surface area contributed by atoms with E-state index in [2.05, 4.69) is 45.8 Å². The third-order valence-corrected chi connectivity index (χ3v) is 4.21. The first kappa shape index (κ1) is 18.9. The van der Waals surface area contributed by atoms with E-state index in [9.17, 15) is 0 Å². The van der Waals surface area contributed by atoms with Gasteiger partial charge in [0.05, 0.1) is 25.2 Å². The Hall–Kier alpha value is -1.18. The van der Waals surface area contributed by atoms with Gasteiger partial charge in [-0.3, -0.25) is 9.80 Å². The molecule has 6 heteroatoms. The summed E-state index contributed by atoms with van der Waals surface area (Å²) in [4.78, 5) is 9.15. The van der Waals surface area contributed by atoms with E-state index in [-0.39, 0.29) is 0 Å². The normalized spacial score (nSPS) is 22.5. The quantitative estimate of drug-likeness (QED) is 0.684. The van der Waals surface area contributed by atoms with Crippen LogP contribution in [0, 0.1) is 22.7 Å². The molecule has 1 aliphatic rings. The Balaban J connectivity index is 2.53. The largest absolute Gasteiger partial charge is 0.305 e. The maximum atomic E-state index is 8.94. The minimum atomic E-state index is 0.521. The lowest BCUT2D eigenvalue weighted by molar-refractivity contribution is 0.193. The lowest BCUT2D eigenvalue weighted by atomic mass is 10.3. The highest BCUT2D eigenvalue weighted by atomic mass is 15.2. The molecule has 0 amide bonds. The predicted molar refractivity (Wildman–Crippen MR) is 88.3 cm³/mol. The molecular formula is C16H30N6. The minimum Gasteiger partial charge on any atom is -0.305 e. The SMILES string of the molecule is CN1CCCN(CC#N)CCN(C)CCCN(CC#N)CC1. The zero-order valence-corrected chi connectivity index (χ0v) is 14.2. The van der Waals surface area contributed by atoms with E-state index < -0.39 is 0 Å². The van der Waals surface area contributed by atoms with Crippen molar-refractivity contribution in [1.29, 1.82) is 10.5 Å². The van der Waals surface area contributed by atoms with Crippen molar-refractivity contribution in [2.45, 2.75) is 12.8 Å². The first-order chi connectivity index (χ1) is 10.7. The second kappa shape index (κ2) is 11.4. The Labute approximate surface area is 135 Å². The second-order valence-corrected chi connectivity index (χ2v) is 6.18. The monoisotopic (exact) mass is 306 g/mol. The summed E-state index contributed by atoms with van der Waals surface area (Å²) in [6.45, 7) is 8.98. The first-order valence-corrected chi connectivity index (χ1v) is 8.21. The summed E-state index contributed by atoms with van der Waals surface area (Å²) in [5, 5.41) is 17.9. The molecule has 0 aromatic carbocycles. The van der Waals surface area contributed by atoms with Crippen LogP contribution in [0.2, 0.25) is 0 Å². The number of hydrogen-bond donors (Lipinski definition) is 0. The molecule has 0 aromatic heterocycles. The maximum absolute atomic E-state index is 8.94. The van der Waals surface area contributed by atoms with Crippen molar-refractivity contribution in [1.82, 2.24) is 19.6 Å². The summed E-state index contributed by atoms with van der Waals surface area (Å²) < 4.78 is 0. The number of hydrogen-bond acceptors (Lipinski definition) is 6. The molecule has 0 atom stereocenters. The van der Waals surface area contributed by atoms with Crippen LogP contribution in [0.4, 0.5) is 0 Å². The molecule has 1 saturated heterocycles. The molecular weight excluding hydrogens is 276 g/mol. The smallest absolute Gasteiger partial charge is 0.0866 e. The van der Waals surface area contributed by atoms with E-state index in [1.165, 1.54) is 0 Å². The van der Waals surface area contributed by atoms with Gasteiger partial charge in [0, 0.05) is 39.3 Å². The standard InChI is InChI=1S/C16H30N6/c1-19-7-3-9-22(12-6-18)16-14-20(2)8-4-10-21(11-5-17)15-13-19/h3-4,7-16H2,1-2H3. The van der Waals surface area contributed by atoms with Crippen LogP contribution in [0.5, 0.6) is 0 Å². The van der Waals surface area contributed by atoms with Crippen LogP contribution >= 0.6 is 0 Å². The Bertz CT molecular complexity index is 336. The van der Waals surface area contributed by atoms with Crippen LogP contribution in [0.15, 0.2) is 0 Å². The van der Waals surface area contributed by atoms with Crippen molar-refractivity contribution in [2.24, 2.45) is 0 Å². The average molecular weight is 306 g/mol. The maximum Gasteiger partial charge on any atom is 0.0866 e. The number of likely N-dealkylation sites (N-methyl/N-ethyl adjacent to an activating group) is 2. The molecule has 1 heterocycles. The molecule has 0 bridgehead atoms. The number of nitrogens with zero attached hydrogens (tertiary/aromatic N) is 6. The van der Waals surface area contributed by atoms with Gasteiger partial charge in [-0.2, -0.15) is 10.5 Å². The summed E-state index contributed by atoms with van der Waals surface area (Å²) in [7, 11) is 4.28. The molecule has 0 aliphatic carbocycles. The predicted octanol–water partition coefficient (Wildman–Crippen LogP) is 0.295. The van der Waals surface area contributed by atoms with E-state index >= 15 is 0 Å². The van der Waals surface area contributed by atoms with E-state index in [1.807, 2.05) is 0 Å². The van der Waals surface area contributed by atoms with Gasteiger partial charge >= 0.3 is 0 Å². The third kappa shape index (κ3) is 8.31. The van der Waals surface area contributed by atoms with Crippen LogP contribution < -0.4 is 0 Å². The van der Waals surface area contributed by atoms with Crippen LogP contribution in [0.3, 0.4) is 0 Å². The Morgan fingerprint density at radius 3 is 1.41 bits per heavy atom. The summed E-state index contributed by atoms with van der Waals surface area (Å²) in [6.07, 6.45) is 2.17. The molecule has 124 valence electrons. The fourth-order valence-corrected chi connectivity index (χ4v) is 2.72. The summed E-state index contributed by atoms with van der Waals surface area (Å²) in [5.74, 6) is 0. The van der Waals surface area contributed by atoms with Gasteiger partial charge in [0.2, 0.25) is 0 Å². The van der Waals surface area contributed by atoms with Crippen LogP contribution in [0.1, 0.15) is 12.8 Å². The molecule has 1 rings (SSSR count). The second-order valence-electron chi connectivity index (χ2n) is 6.18. The van der Waals surface area contributed by atoms with Gasteiger partial charge in [0.25, 0.3) is 0 Å². The van der Waals surface area contributed by atoms with Gasteiger partial charge in [-0.1, -0.05) is 0 Å². The molecule has 1 fully saturated rings. The molecule has 0 spiro atoms. The highest BCUT2D eigenvalue weighted by molar-refractivity contribution is 4.79. The molecule has 6 nitrogen and oxygen atoms in total. The van der Waals surface area contributed by atoms with Crippen molar-refractivity contribution in [2.75, 3.05) is 79.5 Å². The lowest BCUT2D eigenvalue weighted by Crippen LogP contribution is -2.39. The molecule has 0 aromatic rings. The third-order valence-electron chi connectivity index (χ3n) is 4.21. The number of rotatable bonds is 2. The van der Waals surface area contributed by atoms with Crippen molar-refractivity contribution in [3.05, 3.63) is 0 Å². The summed E-state index contributed by atoms with van der Waals surface area (Å²) in [5.41, 5.74) is 0. The van der Waals surface area contributed by atoms with E-state index in [0.29, 0.717) is 13.1 Å². The van der Waals surface area contributed by atoms with Gasteiger partial charge < -0.3 is 9.80 Å². The first-order valence-electron chi connectivity index (χ1n) is 8.21. The van der Waals surface area contributed by atoms with Crippen LogP contribution in [0.25, 0.3) is 0 Å². The van der Waals surface area contributed by atoms with Gasteiger partial charge in [-0.15, -0.1) is 0 Å². The van der Waals surface area contributed by atoms with Gasteiger partial charge in [-0.25, -0.2) is 0 Å². The van der Waals surface area contributed by atoms with E-state index in [4.69, 9.17) is 10.5 Å². The van der Waals surface area contributed by atoms with Gasteiger partial charge in [-0.05, 0) is 40.0 Å². The summed E-state index contributed by atoms with van der Waals surface area (Å²) in [6, 6.07) is 4.55. The van der Waals surface area contributed by atoms with Gasteiger partial charge in [0.15, 0.2) is 0 Å². The fraction of sp³-hybridized carbons (Fsp3) is 0.875. The Morgan fingerprint density at radius 2 is 1.05 bits per heavy atom. The molecule has 1 aliphatic heterocycles. The molecule has 0 unspecified atom stereocenters. The highest BCUT2D eigenvalue weighted by Crippen LogP contribution is 2.00. The van der Waals surface area contributed by atoms with Crippen molar-refractivity contribution in [3.63, 3.8) is 0 Å². The average Bonchev–Trinajstić information content (AvgIpc) is 2.49. The Kier molecular flexibility index (Phi) is 9.77. The van der Waals surface area contributed by atoms with Gasteiger partial charge in [0.1, 0.15) is 0 Å². The van der Waals surface area contributed by atoms with E-state index in [1.54, 1.807) is 0 Å². The lowest BCUT2D eigenvalue weighted by Gasteiger charge is -2.28. The van der Waals surface area contributed by atoms with Crippen molar-refractivity contribution in [3.8, 4) is 12.1 Å². The van der Waals surface area contributed by atoms with Crippen molar-refractivity contribution < 1.29 is 0 Å². The fourth-order valence-electron chi connectivity index (χ4n) is 2.72. The summed E-state index contributed by atoms with van der Waals surface area (Å²) >= 11 is 0. The molecule has 22 heavy (non-hydrogen) atoms. The van der Waals surface area contributed by atoms with Crippen molar-refractivity contribution >= 4 is 0 Å². The molecule has 0 N–H and O–H groups in total.